The van der Waals surface area contributed by atoms with Gasteiger partial charge in [0.15, 0.2) is 0 Å². The molecule has 19 heavy (non-hydrogen) atoms. The molecule has 2 rings (SSSR count). The molecule has 104 valence electrons. The second-order valence-electron chi connectivity index (χ2n) is 5.49. The van der Waals surface area contributed by atoms with Gasteiger partial charge in [0, 0.05) is 15.1 Å². The van der Waals surface area contributed by atoms with Gasteiger partial charge in [0.2, 0.25) is 0 Å². The first-order chi connectivity index (χ1) is 8.79. The quantitative estimate of drug-likeness (QED) is 0.357. The third kappa shape index (κ3) is 3.96. The van der Waals surface area contributed by atoms with Crippen LogP contribution in [0.5, 0.6) is 0 Å². The van der Waals surface area contributed by atoms with E-state index in [1.165, 1.54) is 20.1 Å². The predicted molar refractivity (Wildman–Crippen MR) is 98.6 cm³/mol. The van der Waals surface area contributed by atoms with Gasteiger partial charge in [-0.1, -0.05) is 89.7 Å². The lowest BCUT2D eigenvalue weighted by Gasteiger charge is -2.33. The Morgan fingerprint density at radius 2 is 1.26 bits per heavy atom. The smallest absolute Gasteiger partial charge is 0.0376 e. The van der Waals surface area contributed by atoms with Crippen molar-refractivity contribution in [1.29, 1.82) is 0 Å². The van der Waals surface area contributed by atoms with Crippen LogP contribution in [0, 0.1) is 5.41 Å². The molecule has 2 atom stereocenters. The molecule has 0 aliphatic heterocycles. The van der Waals surface area contributed by atoms with Gasteiger partial charge in [-0.15, -0.1) is 0 Å². The van der Waals surface area contributed by atoms with Crippen molar-refractivity contribution in [3.8, 4) is 0 Å². The van der Waals surface area contributed by atoms with Gasteiger partial charge < -0.3 is 0 Å². The van der Waals surface area contributed by atoms with E-state index < -0.39 is 0 Å². The fourth-order valence-corrected chi connectivity index (χ4v) is 5.70. The molecule has 0 aromatic carbocycles. The van der Waals surface area contributed by atoms with Crippen LogP contribution in [0.4, 0.5) is 0 Å². The normalized spacial score (nSPS) is 28.3. The van der Waals surface area contributed by atoms with Gasteiger partial charge in [-0.2, -0.15) is 0 Å². The van der Waals surface area contributed by atoms with E-state index >= 15 is 0 Å². The summed E-state index contributed by atoms with van der Waals surface area (Å²) in [6, 6.07) is 0. The fraction of sp³-hybridized carbons (Fsp3) is 0.467. The molecule has 4 heteroatoms. The monoisotopic (exact) mass is 512 g/mol. The highest BCUT2D eigenvalue weighted by molar-refractivity contribution is 9.12. The molecule has 0 amide bonds. The third-order valence-electron chi connectivity index (χ3n) is 3.57. The standard InChI is InChI=1S/C15H16Br4/c1-15(2,9-3-11(16)7-12(17)4-9)10-5-13(18)8-14(19)6-10/h3-6,11,13H,7-8H2,1-2H3. The number of rotatable bonds is 2. The van der Waals surface area contributed by atoms with Crippen molar-refractivity contribution >= 4 is 63.7 Å². The fourth-order valence-electron chi connectivity index (χ4n) is 2.38. The summed E-state index contributed by atoms with van der Waals surface area (Å²) in [5.41, 5.74) is 2.73. The predicted octanol–water partition coefficient (Wildman–Crippen LogP) is 6.76. The summed E-state index contributed by atoms with van der Waals surface area (Å²) in [5.74, 6) is 0. The summed E-state index contributed by atoms with van der Waals surface area (Å²) in [5, 5.41) is 0. The summed E-state index contributed by atoms with van der Waals surface area (Å²) in [6.45, 7) is 4.57. The summed E-state index contributed by atoms with van der Waals surface area (Å²) >= 11 is 14.7. The van der Waals surface area contributed by atoms with Crippen molar-refractivity contribution in [3.63, 3.8) is 0 Å². The van der Waals surface area contributed by atoms with Crippen LogP contribution in [0.25, 0.3) is 0 Å². The maximum absolute atomic E-state index is 3.71. The molecule has 0 aromatic heterocycles. The SMILES string of the molecule is CC(C)(C1=CC(Br)CC(Br)=C1)C1=CC(Br)CC(Br)=C1. The molecule has 2 aliphatic rings. The van der Waals surface area contributed by atoms with Crippen LogP contribution in [-0.2, 0) is 0 Å². The van der Waals surface area contributed by atoms with Crippen LogP contribution < -0.4 is 0 Å². The number of halogens is 4. The van der Waals surface area contributed by atoms with Crippen molar-refractivity contribution < 1.29 is 0 Å². The first-order valence-corrected chi connectivity index (χ1v) is 9.65. The number of allylic oxidation sites excluding steroid dienone is 8. The van der Waals surface area contributed by atoms with E-state index in [0.717, 1.165) is 12.8 Å². The average Bonchev–Trinajstić information content (AvgIpc) is 2.26. The second-order valence-corrected chi connectivity index (χ2v) is 9.88. The summed E-state index contributed by atoms with van der Waals surface area (Å²) < 4.78 is 2.52. The zero-order chi connectivity index (χ0) is 14.2. The Balaban J connectivity index is 2.38. The minimum atomic E-state index is 0.0108. The molecule has 0 spiro atoms. The minimum Gasteiger partial charge on any atom is -0.0841 e. The van der Waals surface area contributed by atoms with Crippen molar-refractivity contribution in [2.45, 2.75) is 36.3 Å². The van der Waals surface area contributed by atoms with Gasteiger partial charge in [-0.05, 0) is 45.1 Å². The van der Waals surface area contributed by atoms with E-state index in [4.69, 9.17) is 0 Å². The Bertz CT molecular complexity index is 450. The van der Waals surface area contributed by atoms with Crippen molar-refractivity contribution in [1.82, 2.24) is 0 Å². The van der Waals surface area contributed by atoms with Crippen molar-refractivity contribution in [3.05, 3.63) is 44.4 Å². The summed E-state index contributed by atoms with van der Waals surface area (Å²) in [7, 11) is 0. The molecule has 0 nitrogen and oxygen atoms in total. The number of alkyl halides is 2. The van der Waals surface area contributed by atoms with E-state index in [1.54, 1.807) is 0 Å². The number of hydrogen-bond donors (Lipinski definition) is 0. The zero-order valence-corrected chi connectivity index (χ0v) is 17.2. The van der Waals surface area contributed by atoms with Gasteiger partial charge in [-0.25, -0.2) is 0 Å². The molecular weight excluding hydrogens is 500 g/mol. The molecule has 2 unspecified atom stereocenters. The highest BCUT2D eigenvalue weighted by Crippen LogP contribution is 2.44. The Kier molecular flexibility index (Phi) is 5.41. The molecule has 0 fully saturated rings. The topological polar surface area (TPSA) is 0 Å². The zero-order valence-electron chi connectivity index (χ0n) is 10.9. The van der Waals surface area contributed by atoms with Crippen LogP contribution >= 0.6 is 63.7 Å². The maximum Gasteiger partial charge on any atom is 0.0376 e. The first kappa shape index (κ1) is 16.3. The van der Waals surface area contributed by atoms with Gasteiger partial charge in [0.1, 0.15) is 0 Å². The number of hydrogen-bond acceptors (Lipinski definition) is 0. The molecule has 0 bridgehead atoms. The van der Waals surface area contributed by atoms with Crippen molar-refractivity contribution in [2.75, 3.05) is 0 Å². The third-order valence-corrected chi connectivity index (χ3v) is 5.85. The Hall–Kier alpha value is 0.880. The lowest BCUT2D eigenvalue weighted by molar-refractivity contribution is 0.555. The molecule has 0 radical (unpaired) electrons. The Morgan fingerprint density at radius 3 is 1.58 bits per heavy atom. The van der Waals surface area contributed by atoms with Gasteiger partial charge in [0.05, 0.1) is 0 Å². The summed E-state index contributed by atoms with van der Waals surface area (Å²) in [4.78, 5) is 0.829. The van der Waals surface area contributed by atoms with E-state index in [2.05, 4.69) is 102 Å². The highest BCUT2D eigenvalue weighted by Gasteiger charge is 2.30. The van der Waals surface area contributed by atoms with E-state index in [9.17, 15) is 0 Å². The highest BCUT2D eigenvalue weighted by atomic mass is 79.9. The molecule has 2 aliphatic carbocycles. The lowest BCUT2D eigenvalue weighted by atomic mass is 9.74. The molecule has 0 heterocycles. The van der Waals surface area contributed by atoms with Gasteiger partial charge in [-0.3, -0.25) is 0 Å². The van der Waals surface area contributed by atoms with Gasteiger partial charge >= 0.3 is 0 Å². The average molecular weight is 516 g/mol. The van der Waals surface area contributed by atoms with Crippen LogP contribution in [0.3, 0.4) is 0 Å². The van der Waals surface area contributed by atoms with Gasteiger partial charge in [0.25, 0.3) is 0 Å². The molecule has 0 saturated carbocycles. The van der Waals surface area contributed by atoms with Crippen LogP contribution in [0.2, 0.25) is 0 Å². The molecule has 0 saturated heterocycles. The van der Waals surface area contributed by atoms with Crippen molar-refractivity contribution in [2.24, 2.45) is 5.41 Å². The van der Waals surface area contributed by atoms with E-state index in [1.807, 2.05) is 0 Å². The minimum absolute atomic E-state index is 0.0108. The molecule has 0 N–H and O–H groups in total. The van der Waals surface area contributed by atoms with Crippen LogP contribution in [0.1, 0.15) is 26.7 Å². The van der Waals surface area contributed by atoms with Crippen LogP contribution in [-0.4, -0.2) is 9.65 Å². The maximum atomic E-state index is 3.71. The summed E-state index contributed by atoms with van der Waals surface area (Å²) in [6.07, 6.45) is 11.2. The van der Waals surface area contributed by atoms with Crippen LogP contribution in [0.15, 0.2) is 44.4 Å². The molecule has 0 aromatic rings. The van der Waals surface area contributed by atoms with E-state index in [0.29, 0.717) is 9.65 Å². The lowest BCUT2D eigenvalue weighted by Crippen LogP contribution is -2.21. The van der Waals surface area contributed by atoms with E-state index in [-0.39, 0.29) is 5.41 Å². The Labute approximate surface area is 149 Å². The largest absolute Gasteiger partial charge is 0.0841 e. The Morgan fingerprint density at radius 1 is 0.895 bits per heavy atom. The molecular formula is C15H16Br4. The first-order valence-electron chi connectivity index (χ1n) is 6.24. The second kappa shape index (κ2) is 6.33.